The Balaban J connectivity index is 1.78. The lowest BCUT2D eigenvalue weighted by atomic mass is 10.1. The molecule has 1 aliphatic rings. The van der Waals surface area contributed by atoms with Crippen molar-refractivity contribution in [3.63, 3.8) is 0 Å². The summed E-state index contributed by atoms with van der Waals surface area (Å²) in [6.07, 6.45) is 1.01. The smallest absolute Gasteiger partial charge is 0.416 e. The highest BCUT2D eigenvalue weighted by Gasteiger charge is 2.40. The molecule has 1 N–H and O–H groups in total. The molecule has 1 aromatic carbocycles. The van der Waals surface area contributed by atoms with Crippen molar-refractivity contribution in [2.45, 2.75) is 58.4 Å². The number of nitrogens with zero attached hydrogens (tertiary/aromatic N) is 3. The number of hydrogen-bond donors (Lipinski definition) is 1. The highest BCUT2D eigenvalue weighted by atomic mass is 16.6. The van der Waals surface area contributed by atoms with E-state index in [9.17, 15) is 4.79 Å². The molecule has 2 heterocycles. The first-order valence-electron chi connectivity index (χ1n) is 9.53. The van der Waals surface area contributed by atoms with E-state index in [2.05, 4.69) is 15.3 Å². The molecular formula is C21H28N4O3. The van der Waals surface area contributed by atoms with Crippen molar-refractivity contribution in [1.82, 2.24) is 9.97 Å². The largest absolute Gasteiger partial charge is 0.447 e. The first-order chi connectivity index (χ1) is 13.2. The zero-order valence-corrected chi connectivity index (χ0v) is 17.0. The van der Waals surface area contributed by atoms with Crippen LogP contribution in [0.25, 0.3) is 0 Å². The standard InChI is InChI=1S/C21H28N4O3/c1-14(16-9-7-6-8-10-16)23-19-22-12-11-18(24-19)25-17(13-27-20(25)26)15(2)28-21(3,4)5/h6-12,14-15,17H,13H2,1-5H3,(H,22,23,24)/t14-,15+,17+/m0/s1. The SMILES string of the molecule is C[C@H](Nc1nccc(N2C(=O)OC[C@@H]2[C@@H](C)OC(C)(C)C)n1)c1ccccc1. The van der Waals surface area contributed by atoms with Crippen LogP contribution in [0.15, 0.2) is 42.6 Å². The Labute approximate surface area is 166 Å². The zero-order valence-electron chi connectivity index (χ0n) is 17.0. The average Bonchev–Trinajstić information content (AvgIpc) is 3.03. The average molecular weight is 384 g/mol. The topological polar surface area (TPSA) is 76.6 Å². The van der Waals surface area contributed by atoms with Gasteiger partial charge in [0.2, 0.25) is 5.95 Å². The number of carbonyl (C=O) groups excluding carboxylic acids is 1. The lowest BCUT2D eigenvalue weighted by Crippen LogP contribution is -2.45. The van der Waals surface area contributed by atoms with Crippen LogP contribution in [-0.4, -0.2) is 40.4 Å². The molecule has 28 heavy (non-hydrogen) atoms. The van der Waals surface area contributed by atoms with E-state index in [1.807, 2.05) is 65.0 Å². The maximum atomic E-state index is 12.4. The number of aromatic nitrogens is 2. The van der Waals surface area contributed by atoms with E-state index < -0.39 is 6.09 Å². The van der Waals surface area contributed by atoms with Gasteiger partial charge in [-0.25, -0.2) is 9.78 Å². The van der Waals surface area contributed by atoms with E-state index in [0.717, 1.165) is 5.56 Å². The van der Waals surface area contributed by atoms with Crippen LogP contribution in [0.4, 0.5) is 16.6 Å². The number of carbonyl (C=O) groups is 1. The molecular weight excluding hydrogens is 356 g/mol. The van der Waals surface area contributed by atoms with Crippen LogP contribution in [0, 0.1) is 0 Å². The Bertz CT molecular complexity index is 807. The van der Waals surface area contributed by atoms with Crippen molar-refractivity contribution in [3.8, 4) is 0 Å². The Morgan fingerprint density at radius 2 is 1.93 bits per heavy atom. The second kappa shape index (κ2) is 8.14. The Morgan fingerprint density at radius 3 is 2.61 bits per heavy atom. The monoisotopic (exact) mass is 384 g/mol. The van der Waals surface area contributed by atoms with Crippen molar-refractivity contribution < 1.29 is 14.3 Å². The highest BCUT2D eigenvalue weighted by molar-refractivity contribution is 5.89. The third-order valence-corrected chi connectivity index (χ3v) is 4.52. The summed E-state index contributed by atoms with van der Waals surface area (Å²) in [6, 6.07) is 11.5. The second-order valence-electron chi connectivity index (χ2n) is 7.96. The van der Waals surface area contributed by atoms with E-state index in [1.165, 1.54) is 0 Å². The summed E-state index contributed by atoms with van der Waals surface area (Å²) in [5.41, 5.74) is 0.808. The summed E-state index contributed by atoms with van der Waals surface area (Å²) >= 11 is 0. The highest BCUT2D eigenvalue weighted by Crippen LogP contribution is 2.27. The fourth-order valence-electron chi connectivity index (χ4n) is 3.25. The summed E-state index contributed by atoms with van der Waals surface area (Å²) < 4.78 is 11.3. The summed E-state index contributed by atoms with van der Waals surface area (Å²) in [5.74, 6) is 0.950. The zero-order chi connectivity index (χ0) is 20.3. The maximum Gasteiger partial charge on any atom is 0.416 e. The van der Waals surface area contributed by atoms with Gasteiger partial charge in [0.25, 0.3) is 0 Å². The van der Waals surface area contributed by atoms with Crippen molar-refractivity contribution in [2.24, 2.45) is 0 Å². The normalized spacial score (nSPS) is 19.2. The molecule has 150 valence electrons. The van der Waals surface area contributed by atoms with Crippen LogP contribution in [-0.2, 0) is 9.47 Å². The van der Waals surface area contributed by atoms with Crippen molar-refractivity contribution in [1.29, 1.82) is 0 Å². The van der Waals surface area contributed by atoms with Crippen LogP contribution in [0.3, 0.4) is 0 Å². The molecule has 0 bridgehead atoms. The van der Waals surface area contributed by atoms with Gasteiger partial charge in [0.1, 0.15) is 18.5 Å². The number of cyclic esters (lactones) is 1. The maximum absolute atomic E-state index is 12.4. The molecule has 1 aromatic heterocycles. The molecule has 7 heteroatoms. The lowest BCUT2D eigenvalue weighted by molar-refractivity contribution is -0.0618. The van der Waals surface area contributed by atoms with Crippen molar-refractivity contribution in [2.75, 3.05) is 16.8 Å². The van der Waals surface area contributed by atoms with Gasteiger partial charge in [0.15, 0.2) is 0 Å². The lowest BCUT2D eigenvalue weighted by Gasteiger charge is -2.31. The van der Waals surface area contributed by atoms with Gasteiger partial charge in [-0.05, 0) is 46.2 Å². The number of rotatable bonds is 6. The molecule has 1 aliphatic heterocycles. The van der Waals surface area contributed by atoms with Gasteiger partial charge in [0, 0.05) is 6.20 Å². The molecule has 0 radical (unpaired) electrons. The molecule has 0 saturated carbocycles. The Morgan fingerprint density at radius 1 is 1.21 bits per heavy atom. The van der Waals surface area contributed by atoms with Gasteiger partial charge >= 0.3 is 6.09 Å². The van der Waals surface area contributed by atoms with Crippen molar-refractivity contribution in [3.05, 3.63) is 48.2 Å². The molecule has 7 nitrogen and oxygen atoms in total. The molecule has 0 unspecified atom stereocenters. The first-order valence-corrected chi connectivity index (χ1v) is 9.53. The molecule has 3 atom stereocenters. The molecule has 1 saturated heterocycles. The predicted octanol–water partition coefficient (Wildman–Crippen LogP) is 4.18. The fourth-order valence-corrected chi connectivity index (χ4v) is 3.25. The van der Waals surface area contributed by atoms with Gasteiger partial charge in [-0.15, -0.1) is 0 Å². The van der Waals surface area contributed by atoms with Crippen LogP contribution in [0.1, 0.15) is 46.2 Å². The first kappa shape index (κ1) is 20.1. The quantitative estimate of drug-likeness (QED) is 0.805. The minimum absolute atomic E-state index is 0.0286. The molecule has 0 spiro atoms. The molecule has 3 rings (SSSR count). The number of amides is 1. The number of benzene rings is 1. The Kier molecular flexibility index (Phi) is 5.84. The van der Waals surface area contributed by atoms with Gasteiger partial charge in [-0.2, -0.15) is 4.98 Å². The van der Waals surface area contributed by atoms with Crippen LogP contribution < -0.4 is 10.2 Å². The van der Waals surface area contributed by atoms with E-state index in [4.69, 9.17) is 9.47 Å². The third-order valence-electron chi connectivity index (χ3n) is 4.52. The van der Waals surface area contributed by atoms with Gasteiger partial charge in [-0.3, -0.25) is 4.90 Å². The van der Waals surface area contributed by atoms with E-state index in [-0.39, 0.29) is 30.4 Å². The molecule has 0 aliphatic carbocycles. The summed E-state index contributed by atoms with van der Waals surface area (Å²) in [6.45, 7) is 10.2. The third kappa shape index (κ3) is 4.78. The minimum atomic E-state index is -0.421. The molecule has 2 aromatic rings. The van der Waals surface area contributed by atoms with E-state index in [0.29, 0.717) is 11.8 Å². The second-order valence-corrected chi connectivity index (χ2v) is 7.96. The predicted molar refractivity (Wildman–Crippen MR) is 108 cm³/mol. The summed E-state index contributed by atoms with van der Waals surface area (Å²) in [7, 11) is 0. The van der Waals surface area contributed by atoms with Crippen LogP contribution in [0.5, 0.6) is 0 Å². The number of hydrogen-bond acceptors (Lipinski definition) is 6. The van der Waals surface area contributed by atoms with Gasteiger partial charge < -0.3 is 14.8 Å². The number of nitrogens with one attached hydrogen (secondary N) is 1. The summed E-state index contributed by atoms with van der Waals surface area (Å²) in [4.78, 5) is 22.8. The fraction of sp³-hybridized carbons (Fsp3) is 0.476. The molecule has 1 amide bonds. The van der Waals surface area contributed by atoms with Gasteiger partial charge in [0.05, 0.1) is 17.7 Å². The molecule has 1 fully saturated rings. The van der Waals surface area contributed by atoms with Crippen molar-refractivity contribution >= 4 is 17.9 Å². The minimum Gasteiger partial charge on any atom is -0.447 e. The van der Waals surface area contributed by atoms with Crippen LogP contribution in [0.2, 0.25) is 0 Å². The number of ether oxygens (including phenoxy) is 2. The van der Waals surface area contributed by atoms with E-state index >= 15 is 0 Å². The summed E-state index contributed by atoms with van der Waals surface area (Å²) in [5, 5.41) is 3.29. The van der Waals surface area contributed by atoms with E-state index in [1.54, 1.807) is 17.2 Å². The van der Waals surface area contributed by atoms with Gasteiger partial charge in [-0.1, -0.05) is 30.3 Å². The number of anilines is 2. The van der Waals surface area contributed by atoms with Crippen LogP contribution >= 0.6 is 0 Å². The Hall–Kier alpha value is -2.67.